The number of aromatic nitrogens is 1. The predicted molar refractivity (Wildman–Crippen MR) is 117 cm³/mol. The van der Waals surface area contributed by atoms with Gasteiger partial charge in [0.2, 0.25) is 0 Å². The van der Waals surface area contributed by atoms with Crippen molar-refractivity contribution < 1.29 is 13.9 Å². The van der Waals surface area contributed by atoms with E-state index in [2.05, 4.69) is 15.2 Å². The molecule has 1 amide bonds. The van der Waals surface area contributed by atoms with E-state index in [0.29, 0.717) is 15.8 Å². The lowest BCUT2D eigenvalue weighted by Gasteiger charge is -2.12. The third kappa shape index (κ3) is 4.66. The van der Waals surface area contributed by atoms with Crippen molar-refractivity contribution in [3.63, 3.8) is 0 Å². The van der Waals surface area contributed by atoms with Crippen molar-refractivity contribution in [1.82, 2.24) is 9.88 Å². The molecule has 0 saturated carbocycles. The molecule has 0 unspecified atom stereocenters. The Morgan fingerprint density at radius 2 is 2.03 bits per heavy atom. The van der Waals surface area contributed by atoms with Gasteiger partial charge in [0.1, 0.15) is 11.5 Å². The largest absolute Gasteiger partial charge is 0.497 e. The number of ether oxygens (including phenoxy) is 1. The molecule has 150 valence electrons. The molecule has 30 heavy (non-hydrogen) atoms. The first-order chi connectivity index (χ1) is 14.7. The van der Waals surface area contributed by atoms with Gasteiger partial charge in [-0.1, -0.05) is 18.2 Å². The molecule has 1 aromatic carbocycles. The van der Waals surface area contributed by atoms with Gasteiger partial charge in [0.15, 0.2) is 5.17 Å². The lowest BCUT2D eigenvalue weighted by atomic mass is 10.2. The minimum absolute atomic E-state index is 0.150. The molecule has 0 aliphatic carbocycles. The molecule has 1 saturated heterocycles. The van der Waals surface area contributed by atoms with Gasteiger partial charge < -0.3 is 9.15 Å². The van der Waals surface area contributed by atoms with Crippen molar-refractivity contribution in [3.8, 4) is 5.75 Å². The molecule has 7 nitrogen and oxygen atoms in total. The smallest absolute Gasteiger partial charge is 0.267 e. The van der Waals surface area contributed by atoms with Crippen molar-refractivity contribution in [1.29, 1.82) is 0 Å². The Bertz CT molecular complexity index is 1090. The number of amides is 1. The van der Waals surface area contributed by atoms with Crippen LogP contribution in [0, 0.1) is 0 Å². The average Bonchev–Trinajstić information content (AvgIpc) is 3.39. The Labute approximate surface area is 177 Å². The minimum atomic E-state index is -0.150. The Hall–Kier alpha value is -3.65. The second-order valence-corrected chi connectivity index (χ2v) is 7.28. The summed E-state index contributed by atoms with van der Waals surface area (Å²) in [7, 11) is 1.62. The number of thioether (sulfide) groups is 1. The number of amidine groups is 1. The van der Waals surface area contributed by atoms with Crippen LogP contribution in [0.2, 0.25) is 0 Å². The number of hydrogen-bond donors (Lipinski definition) is 0. The van der Waals surface area contributed by atoms with E-state index in [-0.39, 0.29) is 12.5 Å². The number of pyridine rings is 1. The fourth-order valence-electron chi connectivity index (χ4n) is 2.73. The van der Waals surface area contributed by atoms with E-state index < -0.39 is 0 Å². The van der Waals surface area contributed by atoms with Crippen molar-refractivity contribution in [3.05, 3.63) is 89.0 Å². The average molecular weight is 418 g/mol. The second-order valence-electron chi connectivity index (χ2n) is 6.27. The molecule has 0 bridgehead atoms. The number of carbonyl (C=O) groups excluding carboxylic acids is 1. The van der Waals surface area contributed by atoms with Gasteiger partial charge in [-0.05, 0) is 53.7 Å². The molecular weight excluding hydrogens is 400 g/mol. The van der Waals surface area contributed by atoms with E-state index in [4.69, 9.17) is 9.15 Å². The van der Waals surface area contributed by atoms with Crippen LogP contribution in [0.3, 0.4) is 0 Å². The van der Waals surface area contributed by atoms with Crippen LogP contribution < -0.4 is 4.74 Å². The SMILES string of the molecule is COc1ccc(/C=C2\S/C(=N\N=C\c3cccnc3)N(Cc3ccco3)C2=O)cc1. The number of methoxy groups -OCH3 is 1. The maximum absolute atomic E-state index is 13.0. The second kappa shape index (κ2) is 9.23. The topological polar surface area (TPSA) is 80.3 Å². The molecule has 4 rings (SSSR count). The highest BCUT2D eigenvalue weighted by Gasteiger charge is 2.34. The fourth-order valence-corrected chi connectivity index (χ4v) is 3.66. The molecular formula is C22H18N4O3S. The van der Waals surface area contributed by atoms with Crippen LogP contribution >= 0.6 is 11.8 Å². The number of furan rings is 1. The molecule has 2 aromatic heterocycles. The summed E-state index contributed by atoms with van der Waals surface area (Å²) >= 11 is 1.27. The zero-order chi connectivity index (χ0) is 20.8. The summed E-state index contributed by atoms with van der Waals surface area (Å²) in [5, 5.41) is 8.89. The molecule has 0 spiro atoms. The number of nitrogens with zero attached hydrogens (tertiary/aromatic N) is 4. The van der Waals surface area contributed by atoms with Crippen molar-refractivity contribution in [2.24, 2.45) is 10.2 Å². The monoisotopic (exact) mass is 418 g/mol. The molecule has 1 fully saturated rings. The Balaban J connectivity index is 1.60. The standard InChI is InChI=1S/C22H18N4O3S/c1-28-18-8-6-16(7-9-18)12-20-21(27)26(15-19-5-3-11-29-19)22(30-20)25-24-14-17-4-2-10-23-13-17/h2-14H,15H2,1H3/b20-12-,24-14+,25-22-. The van der Waals surface area contributed by atoms with Crippen molar-refractivity contribution in [2.75, 3.05) is 7.11 Å². The van der Waals surface area contributed by atoms with E-state index in [0.717, 1.165) is 16.9 Å². The highest BCUT2D eigenvalue weighted by Crippen LogP contribution is 2.34. The maximum atomic E-state index is 13.0. The van der Waals surface area contributed by atoms with Gasteiger partial charge in [0.05, 0.1) is 31.0 Å². The lowest BCUT2D eigenvalue weighted by Crippen LogP contribution is -2.28. The van der Waals surface area contributed by atoms with Crippen LogP contribution in [0.25, 0.3) is 6.08 Å². The zero-order valence-corrected chi connectivity index (χ0v) is 17.0. The first-order valence-corrected chi connectivity index (χ1v) is 9.93. The van der Waals surface area contributed by atoms with Crippen LogP contribution in [0.1, 0.15) is 16.9 Å². The molecule has 0 radical (unpaired) electrons. The van der Waals surface area contributed by atoms with Crippen LogP contribution in [-0.4, -0.2) is 34.3 Å². The van der Waals surface area contributed by atoms with Crippen LogP contribution in [0.15, 0.2) is 86.7 Å². The molecule has 3 aromatic rings. The zero-order valence-electron chi connectivity index (χ0n) is 16.1. The van der Waals surface area contributed by atoms with E-state index in [1.54, 1.807) is 42.9 Å². The summed E-state index contributed by atoms with van der Waals surface area (Å²) in [6.45, 7) is 0.278. The summed E-state index contributed by atoms with van der Waals surface area (Å²) in [5.74, 6) is 1.27. The Kier molecular flexibility index (Phi) is 6.05. The van der Waals surface area contributed by atoms with Crippen molar-refractivity contribution >= 4 is 35.1 Å². The van der Waals surface area contributed by atoms with Crippen LogP contribution in [0.5, 0.6) is 5.75 Å². The summed E-state index contributed by atoms with van der Waals surface area (Å²) in [4.78, 5) is 19.2. The lowest BCUT2D eigenvalue weighted by molar-refractivity contribution is -0.122. The van der Waals surface area contributed by atoms with Gasteiger partial charge in [-0.15, -0.1) is 5.10 Å². The molecule has 8 heteroatoms. The van der Waals surface area contributed by atoms with Crippen LogP contribution in [-0.2, 0) is 11.3 Å². The maximum Gasteiger partial charge on any atom is 0.267 e. The highest BCUT2D eigenvalue weighted by molar-refractivity contribution is 8.18. The summed E-state index contributed by atoms with van der Waals surface area (Å²) in [6.07, 6.45) is 8.38. The molecule has 1 aliphatic heterocycles. The van der Waals surface area contributed by atoms with E-state index >= 15 is 0 Å². The Morgan fingerprint density at radius 1 is 1.17 bits per heavy atom. The van der Waals surface area contributed by atoms with Gasteiger partial charge in [-0.25, -0.2) is 0 Å². The number of benzene rings is 1. The van der Waals surface area contributed by atoms with E-state index in [9.17, 15) is 4.79 Å². The normalized spacial score (nSPS) is 16.8. The molecule has 3 heterocycles. The van der Waals surface area contributed by atoms with Gasteiger partial charge in [-0.2, -0.15) is 5.10 Å². The third-order valence-corrected chi connectivity index (χ3v) is 5.23. The first kappa shape index (κ1) is 19.7. The van der Waals surface area contributed by atoms with Gasteiger partial charge in [0, 0.05) is 18.0 Å². The quantitative estimate of drug-likeness (QED) is 0.341. The van der Waals surface area contributed by atoms with Gasteiger partial charge in [0.25, 0.3) is 5.91 Å². The molecule has 0 N–H and O–H groups in total. The number of carbonyl (C=O) groups is 1. The predicted octanol–water partition coefficient (Wildman–Crippen LogP) is 4.19. The van der Waals surface area contributed by atoms with E-state index in [1.165, 1.54) is 11.8 Å². The third-order valence-electron chi connectivity index (χ3n) is 4.23. The van der Waals surface area contributed by atoms with Crippen LogP contribution in [0.4, 0.5) is 0 Å². The summed E-state index contributed by atoms with van der Waals surface area (Å²) in [6, 6.07) is 14.8. The van der Waals surface area contributed by atoms with E-state index in [1.807, 2.05) is 48.5 Å². The first-order valence-electron chi connectivity index (χ1n) is 9.12. The fraction of sp³-hybridized carbons (Fsp3) is 0.0909. The van der Waals surface area contributed by atoms with Gasteiger partial charge >= 0.3 is 0 Å². The molecule has 1 aliphatic rings. The number of rotatable bonds is 6. The minimum Gasteiger partial charge on any atom is -0.497 e. The summed E-state index contributed by atoms with van der Waals surface area (Å²) in [5.41, 5.74) is 1.72. The molecule has 0 atom stereocenters. The number of hydrogen-bond acceptors (Lipinski definition) is 7. The highest BCUT2D eigenvalue weighted by atomic mass is 32.2. The summed E-state index contributed by atoms with van der Waals surface area (Å²) < 4.78 is 10.6. The van der Waals surface area contributed by atoms with Crippen molar-refractivity contribution in [2.45, 2.75) is 6.54 Å². The van der Waals surface area contributed by atoms with Gasteiger partial charge in [-0.3, -0.25) is 14.7 Å². The Morgan fingerprint density at radius 3 is 2.73 bits per heavy atom.